The zero-order valence-corrected chi connectivity index (χ0v) is 51.4. The molecule has 2 aliphatic heterocycles. The molecule has 480 valence electrons. The number of alkyl halides is 6. The highest BCUT2D eigenvalue weighted by molar-refractivity contribution is 5.87. The average Bonchev–Trinajstić information content (AvgIpc) is 1.78. The molecule has 14 rings (SSSR count). The summed E-state index contributed by atoms with van der Waals surface area (Å²) in [6, 6.07) is 27.0. The standard InChI is InChI=1S/C69H60F6N18O2/c1-3-4-18-79-58-28-48(29-60(85-58)93-36-57-53(68(70,71)72)24-46(35-92(57)65(93)94)34-89-20-16-67(38-89)13-14-67)52-22-44(31-78)8-10-50(52)63-87-82-40-91(63)41-90-39-81-86-62(90)49-9-7-43(30-77)21-51(49)47-26-56(83-59(27-47)80-37-66(11-12-66)15-17-76)64-84-55-25-45(33-88-19-5-6-42(2)32-88)23-54(61(55)95-64)69(73,74)75/h1,7-10,21-29,35-36,39-40,42H,4-6,11-16,18-20,32-34,37-38,41H2,2H3,(H,79,85)(H,80,83)/t42-/m0/s1. The Morgan fingerprint density at radius 1 is 0.716 bits per heavy atom. The van der Waals surface area contributed by atoms with Gasteiger partial charge in [0.25, 0.3) is 0 Å². The second-order valence-corrected chi connectivity index (χ2v) is 25.7. The fourth-order valence-electron chi connectivity index (χ4n) is 13.4. The van der Waals surface area contributed by atoms with Crippen LogP contribution in [0, 0.1) is 63.1 Å². The van der Waals surface area contributed by atoms with Gasteiger partial charge in [-0.05, 0) is 182 Å². The first kappa shape index (κ1) is 61.8. The van der Waals surface area contributed by atoms with Gasteiger partial charge in [0, 0.05) is 81.0 Å². The Morgan fingerprint density at radius 3 is 2.00 bits per heavy atom. The number of nitrogens with zero attached hydrogens (tertiary/aromatic N) is 16. The summed E-state index contributed by atoms with van der Waals surface area (Å²) in [5.41, 5.74) is 0.410. The molecule has 26 heteroatoms. The Kier molecular flexibility index (Phi) is 15.8. The Hall–Kier alpha value is -10.7. The highest BCUT2D eigenvalue weighted by Crippen LogP contribution is 2.53. The molecule has 0 amide bonds. The smallest absolute Gasteiger partial charge is 0.420 e. The summed E-state index contributed by atoms with van der Waals surface area (Å²) in [5.74, 6) is 3.87. The molecule has 4 aliphatic rings. The van der Waals surface area contributed by atoms with E-state index in [1.807, 2.05) is 0 Å². The molecule has 3 aromatic carbocycles. The van der Waals surface area contributed by atoms with Crippen LogP contribution in [0.2, 0.25) is 0 Å². The maximum Gasteiger partial charge on any atom is 0.420 e. The normalized spacial score (nSPS) is 16.8. The lowest BCUT2D eigenvalue weighted by Gasteiger charge is -2.30. The molecule has 2 saturated heterocycles. The molecule has 7 aromatic heterocycles. The van der Waals surface area contributed by atoms with Crippen molar-refractivity contribution in [2.24, 2.45) is 16.7 Å². The first-order valence-electron chi connectivity index (χ1n) is 31.3. The van der Waals surface area contributed by atoms with Gasteiger partial charge >= 0.3 is 18.0 Å². The molecule has 2 saturated carbocycles. The molecule has 9 heterocycles. The van der Waals surface area contributed by atoms with E-state index in [1.54, 1.807) is 75.9 Å². The van der Waals surface area contributed by atoms with E-state index in [1.165, 1.54) is 18.9 Å². The second kappa shape index (κ2) is 24.3. The van der Waals surface area contributed by atoms with E-state index < -0.39 is 34.8 Å². The molecular formula is C69H60F6N18O2. The number of hydrogen-bond donors (Lipinski definition) is 2. The first-order valence-corrected chi connectivity index (χ1v) is 31.3. The highest BCUT2D eigenvalue weighted by atomic mass is 19.4. The molecule has 0 unspecified atom stereocenters. The van der Waals surface area contributed by atoms with Crippen LogP contribution < -0.4 is 16.3 Å². The lowest BCUT2D eigenvalue weighted by atomic mass is 9.96. The van der Waals surface area contributed by atoms with Crippen molar-refractivity contribution in [1.29, 1.82) is 15.8 Å². The van der Waals surface area contributed by atoms with Crippen LogP contribution in [0.25, 0.3) is 79.0 Å². The number of fused-ring (bicyclic) bond motifs is 2. The van der Waals surface area contributed by atoms with Gasteiger partial charge < -0.3 is 15.1 Å². The molecule has 2 N–H and O–H groups in total. The van der Waals surface area contributed by atoms with Crippen LogP contribution in [-0.2, 0) is 32.1 Å². The predicted molar refractivity (Wildman–Crippen MR) is 339 cm³/mol. The topological polar surface area (TPSA) is 242 Å². The lowest BCUT2D eigenvalue weighted by Crippen LogP contribution is -2.33. The number of aromatic nitrogens is 11. The highest BCUT2D eigenvalue weighted by Gasteiger charge is 2.48. The summed E-state index contributed by atoms with van der Waals surface area (Å²) in [7, 11) is 0. The van der Waals surface area contributed by atoms with E-state index in [-0.39, 0.29) is 88.2 Å². The summed E-state index contributed by atoms with van der Waals surface area (Å²) in [6.07, 6.45) is 8.94. The van der Waals surface area contributed by atoms with E-state index in [0.29, 0.717) is 81.6 Å². The van der Waals surface area contributed by atoms with Crippen LogP contribution in [0.5, 0.6) is 0 Å². The minimum absolute atomic E-state index is 0.00802. The van der Waals surface area contributed by atoms with Gasteiger partial charge in [0.05, 0.1) is 40.4 Å². The molecule has 0 radical (unpaired) electrons. The van der Waals surface area contributed by atoms with Crippen LogP contribution in [0.1, 0.15) is 98.1 Å². The third-order valence-electron chi connectivity index (χ3n) is 18.7. The number of piperidine rings is 1. The first-order chi connectivity index (χ1) is 45.8. The summed E-state index contributed by atoms with van der Waals surface area (Å²) in [5, 5.41) is 54.8. The fourth-order valence-corrected chi connectivity index (χ4v) is 13.4. The van der Waals surface area contributed by atoms with Crippen LogP contribution in [0.3, 0.4) is 0 Å². The number of nitrogens with one attached hydrogen (secondary N) is 2. The number of nitriles is 3. The average molecular weight is 1290 g/mol. The van der Waals surface area contributed by atoms with E-state index in [4.69, 9.17) is 20.8 Å². The number of hydrogen-bond acceptors (Lipinski definition) is 16. The Bertz CT molecular complexity index is 4900. The van der Waals surface area contributed by atoms with Gasteiger partial charge in [-0.1, -0.05) is 6.92 Å². The number of benzene rings is 3. The van der Waals surface area contributed by atoms with Crippen molar-refractivity contribution in [3.05, 3.63) is 148 Å². The van der Waals surface area contributed by atoms with Gasteiger partial charge in [0.15, 0.2) is 17.2 Å². The third-order valence-corrected chi connectivity index (χ3v) is 18.7. The maximum absolute atomic E-state index is 15.0. The van der Waals surface area contributed by atoms with Gasteiger partial charge in [0.1, 0.15) is 53.6 Å². The molecule has 20 nitrogen and oxygen atoms in total. The van der Waals surface area contributed by atoms with Crippen molar-refractivity contribution in [2.45, 2.75) is 96.8 Å². The fraction of sp³-hybridized carbons (Fsp3) is 0.348. The summed E-state index contributed by atoms with van der Waals surface area (Å²) >= 11 is 0. The van der Waals surface area contributed by atoms with E-state index in [9.17, 15) is 20.6 Å². The quantitative estimate of drug-likeness (QED) is 0.0434. The second-order valence-electron chi connectivity index (χ2n) is 25.7. The minimum Gasteiger partial charge on any atom is -0.434 e. The number of pyridine rings is 3. The molecule has 1 atom stereocenters. The molecule has 4 fully saturated rings. The van der Waals surface area contributed by atoms with Crippen molar-refractivity contribution in [2.75, 3.05) is 49.9 Å². The van der Waals surface area contributed by atoms with Gasteiger partial charge in [-0.2, -0.15) is 42.1 Å². The van der Waals surface area contributed by atoms with Crippen molar-refractivity contribution >= 4 is 28.3 Å². The number of oxazole rings is 1. The predicted octanol–water partition coefficient (Wildman–Crippen LogP) is 12.6. The molecule has 10 aromatic rings. The Labute approximate surface area is 540 Å². The summed E-state index contributed by atoms with van der Waals surface area (Å²) in [6.45, 7) is 6.30. The summed E-state index contributed by atoms with van der Waals surface area (Å²) < 4.78 is 102. The number of rotatable bonds is 19. The van der Waals surface area contributed by atoms with Crippen LogP contribution in [-0.4, -0.2) is 103 Å². The van der Waals surface area contributed by atoms with Gasteiger partial charge in [0.2, 0.25) is 5.89 Å². The summed E-state index contributed by atoms with van der Waals surface area (Å²) in [4.78, 5) is 33.1. The van der Waals surface area contributed by atoms with Gasteiger partial charge in [-0.3, -0.25) is 27.9 Å². The molecule has 1 spiro atoms. The van der Waals surface area contributed by atoms with Crippen molar-refractivity contribution < 1.29 is 30.8 Å². The van der Waals surface area contributed by atoms with E-state index >= 15 is 26.3 Å². The lowest BCUT2D eigenvalue weighted by molar-refractivity contribution is -0.137. The largest absolute Gasteiger partial charge is 0.434 e. The van der Waals surface area contributed by atoms with Crippen LogP contribution in [0.4, 0.5) is 38.0 Å². The molecule has 0 bridgehead atoms. The van der Waals surface area contributed by atoms with Gasteiger partial charge in [-0.15, -0.1) is 32.7 Å². The van der Waals surface area contributed by atoms with Crippen molar-refractivity contribution in [3.63, 3.8) is 0 Å². The number of anilines is 2. The van der Waals surface area contributed by atoms with Crippen molar-refractivity contribution in [1.82, 2.24) is 63.2 Å². The van der Waals surface area contributed by atoms with Crippen LogP contribution >= 0.6 is 0 Å². The van der Waals surface area contributed by atoms with Crippen molar-refractivity contribution in [3.8, 4) is 93.0 Å². The number of imidazole rings is 1. The molecule has 2 aliphatic carbocycles. The molecule has 95 heavy (non-hydrogen) atoms. The third kappa shape index (κ3) is 12.6. The number of halogens is 6. The number of likely N-dealkylation sites (tertiary alicyclic amines) is 2. The number of terminal acetylenes is 1. The maximum atomic E-state index is 15.0. The monoisotopic (exact) mass is 1290 g/mol. The minimum atomic E-state index is -4.81. The van der Waals surface area contributed by atoms with Gasteiger partial charge in [-0.25, -0.2) is 19.7 Å². The van der Waals surface area contributed by atoms with E-state index in [0.717, 1.165) is 98.4 Å². The zero-order chi connectivity index (χ0) is 66.0. The van der Waals surface area contributed by atoms with E-state index in [2.05, 4.69) is 76.9 Å². The Morgan fingerprint density at radius 2 is 1.38 bits per heavy atom. The molecular weight excluding hydrogens is 1230 g/mol. The van der Waals surface area contributed by atoms with Crippen LogP contribution in [0.15, 0.2) is 113 Å². The zero-order valence-electron chi connectivity index (χ0n) is 51.4. The Balaban J connectivity index is 0.833. The SMILES string of the molecule is C#CCCNc1cc(-c2cc(C#N)ccc2-c2nncn2Cn2cnnc2-c2ccc(C#N)cc2-c2cc(NCC3(CC#N)CC3)nc(-c3nc4cc(CN5CCC[C@H](C)C5)cc(C(F)(F)F)c4o3)c2)cc(-n2cc3c(C(F)(F)F)cc(CN4CCC5(CC5)C4)cn3c2=O)n1.